The van der Waals surface area contributed by atoms with Gasteiger partial charge < -0.3 is 10.2 Å². The summed E-state index contributed by atoms with van der Waals surface area (Å²) in [6.07, 6.45) is 3.81. The molecule has 1 aliphatic carbocycles. The maximum Gasteiger partial charge on any atom is 0.127 e. The Kier molecular flexibility index (Phi) is 4.90. The molecule has 144 valence electrons. The van der Waals surface area contributed by atoms with Crippen LogP contribution in [0, 0.1) is 18.3 Å². The fourth-order valence-electron chi connectivity index (χ4n) is 4.30. The second-order valence-corrected chi connectivity index (χ2v) is 10.5. The molecule has 0 saturated heterocycles. The number of allylic oxidation sites excluding steroid dienone is 3. The summed E-state index contributed by atoms with van der Waals surface area (Å²) in [6.45, 7) is 21.5. The van der Waals surface area contributed by atoms with Crippen LogP contribution in [0.5, 0.6) is 5.75 Å². The molecule has 0 radical (unpaired) electrons. The molecule has 2 heteroatoms. The summed E-state index contributed by atoms with van der Waals surface area (Å²) in [4.78, 5) is 0. The van der Waals surface area contributed by atoms with Crippen LogP contribution < -0.4 is 0 Å². The molecule has 2 N–H and O–H groups in total. The minimum absolute atomic E-state index is 0.0750. The molecule has 1 aliphatic rings. The van der Waals surface area contributed by atoms with Crippen LogP contribution in [0.25, 0.3) is 5.57 Å². The average Bonchev–Trinajstić information content (AvgIpc) is 2.43. The van der Waals surface area contributed by atoms with Crippen LogP contribution in [-0.4, -0.2) is 10.2 Å². The molecule has 2 rings (SSSR count). The summed E-state index contributed by atoms with van der Waals surface area (Å²) in [7, 11) is 0. The van der Waals surface area contributed by atoms with Gasteiger partial charge in [0.25, 0.3) is 0 Å². The smallest absolute Gasteiger partial charge is 0.127 e. The second-order valence-electron chi connectivity index (χ2n) is 10.5. The Morgan fingerprint density at radius 3 is 1.88 bits per heavy atom. The maximum atomic E-state index is 11.4. The van der Waals surface area contributed by atoms with Gasteiger partial charge in [0.05, 0.1) is 0 Å². The molecule has 0 aliphatic heterocycles. The molecule has 0 spiro atoms. The van der Waals surface area contributed by atoms with E-state index in [0.29, 0.717) is 5.75 Å². The molecular weight excluding hydrogens is 320 g/mol. The van der Waals surface area contributed by atoms with Crippen molar-refractivity contribution in [3.63, 3.8) is 0 Å². The SMILES string of the molecule is Cc1cc(C2=C(O)C=CC(C)C2(C)C)c(O)c(C(C)(C)C)c1C(C)(C)C. The molecule has 0 saturated carbocycles. The summed E-state index contributed by atoms with van der Waals surface area (Å²) in [5.41, 5.74) is 4.40. The van der Waals surface area contributed by atoms with Gasteiger partial charge in [-0.15, -0.1) is 0 Å². The lowest BCUT2D eigenvalue weighted by atomic mass is 9.66. The molecule has 0 heterocycles. The molecule has 2 nitrogen and oxygen atoms in total. The van der Waals surface area contributed by atoms with Crippen molar-refractivity contribution in [1.29, 1.82) is 0 Å². The number of aliphatic hydroxyl groups is 1. The van der Waals surface area contributed by atoms with E-state index in [-0.39, 0.29) is 27.9 Å². The van der Waals surface area contributed by atoms with Crippen molar-refractivity contribution < 1.29 is 10.2 Å². The molecule has 1 aromatic rings. The van der Waals surface area contributed by atoms with Crippen molar-refractivity contribution in [2.45, 2.75) is 80.1 Å². The zero-order valence-electron chi connectivity index (χ0n) is 18.2. The van der Waals surface area contributed by atoms with Gasteiger partial charge in [0.15, 0.2) is 0 Å². The Morgan fingerprint density at radius 2 is 1.42 bits per heavy atom. The quantitative estimate of drug-likeness (QED) is 0.581. The normalized spacial score (nSPS) is 20.6. The van der Waals surface area contributed by atoms with Crippen LogP contribution in [0.1, 0.15) is 84.6 Å². The molecule has 1 unspecified atom stereocenters. The number of phenolic OH excluding ortho intramolecular Hbond substituents is 1. The van der Waals surface area contributed by atoms with Gasteiger partial charge in [-0.2, -0.15) is 0 Å². The number of phenols is 1. The largest absolute Gasteiger partial charge is 0.508 e. The Labute approximate surface area is 159 Å². The highest BCUT2D eigenvalue weighted by atomic mass is 16.3. The van der Waals surface area contributed by atoms with Gasteiger partial charge in [0, 0.05) is 22.1 Å². The van der Waals surface area contributed by atoms with Crippen molar-refractivity contribution in [3.05, 3.63) is 46.2 Å². The van der Waals surface area contributed by atoms with Crippen molar-refractivity contribution in [1.82, 2.24) is 0 Å². The van der Waals surface area contributed by atoms with E-state index < -0.39 is 0 Å². The summed E-state index contributed by atoms with van der Waals surface area (Å²) < 4.78 is 0. The first-order chi connectivity index (χ1) is 11.6. The zero-order valence-corrected chi connectivity index (χ0v) is 18.2. The van der Waals surface area contributed by atoms with E-state index in [9.17, 15) is 10.2 Å². The third kappa shape index (κ3) is 3.31. The molecule has 1 aromatic carbocycles. The third-order valence-corrected chi connectivity index (χ3v) is 5.85. The van der Waals surface area contributed by atoms with Gasteiger partial charge in [-0.3, -0.25) is 0 Å². The number of aryl methyl sites for hydroxylation is 1. The van der Waals surface area contributed by atoms with Crippen LogP contribution in [0.2, 0.25) is 0 Å². The number of aliphatic hydroxyl groups excluding tert-OH is 1. The summed E-state index contributed by atoms with van der Waals surface area (Å²) in [5.74, 6) is 0.838. The minimum atomic E-state index is -0.263. The van der Waals surface area contributed by atoms with Crippen LogP contribution in [0.4, 0.5) is 0 Å². The van der Waals surface area contributed by atoms with Crippen LogP contribution >= 0.6 is 0 Å². The van der Waals surface area contributed by atoms with E-state index in [2.05, 4.69) is 75.3 Å². The van der Waals surface area contributed by atoms with Gasteiger partial charge in [-0.05, 0) is 46.9 Å². The first-order valence-corrected chi connectivity index (χ1v) is 9.60. The zero-order chi connectivity index (χ0) is 20.2. The molecule has 1 atom stereocenters. The molecular formula is C24H36O2. The summed E-state index contributed by atoms with van der Waals surface area (Å²) >= 11 is 0. The third-order valence-electron chi connectivity index (χ3n) is 5.85. The van der Waals surface area contributed by atoms with Gasteiger partial charge in [-0.25, -0.2) is 0 Å². The highest BCUT2D eigenvalue weighted by Gasteiger charge is 2.38. The van der Waals surface area contributed by atoms with Gasteiger partial charge in [-0.1, -0.05) is 68.4 Å². The Hall–Kier alpha value is -1.70. The lowest BCUT2D eigenvalue weighted by molar-refractivity contribution is 0.344. The van der Waals surface area contributed by atoms with Crippen molar-refractivity contribution in [2.75, 3.05) is 0 Å². The average molecular weight is 357 g/mol. The van der Waals surface area contributed by atoms with E-state index in [0.717, 1.165) is 22.3 Å². The lowest BCUT2D eigenvalue weighted by Crippen LogP contribution is -2.28. The Morgan fingerprint density at radius 1 is 0.923 bits per heavy atom. The number of hydrogen-bond donors (Lipinski definition) is 2. The van der Waals surface area contributed by atoms with Gasteiger partial charge >= 0.3 is 0 Å². The van der Waals surface area contributed by atoms with E-state index >= 15 is 0 Å². The van der Waals surface area contributed by atoms with Crippen LogP contribution in [0.15, 0.2) is 24.0 Å². The van der Waals surface area contributed by atoms with Crippen molar-refractivity contribution in [3.8, 4) is 5.75 Å². The molecule has 0 amide bonds. The van der Waals surface area contributed by atoms with Gasteiger partial charge in [0.1, 0.15) is 11.5 Å². The van der Waals surface area contributed by atoms with Crippen molar-refractivity contribution >= 4 is 5.57 Å². The predicted octanol–water partition coefficient (Wildman–Crippen LogP) is 6.80. The Balaban J connectivity index is 2.94. The molecule has 26 heavy (non-hydrogen) atoms. The van der Waals surface area contributed by atoms with E-state index in [1.54, 1.807) is 6.08 Å². The fraction of sp³-hybridized carbons (Fsp3) is 0.583. The summed E-state index contributed by atoms with van der Waals surface area (Å²) in [5, 5.41) is 22.1. The first-order valence-electron chi connectivity index (χ1n) is 9.60. The highest BCUT2D eigenvalue weighted by Crippen LogP contribution is 2.52. The predicted molar refractivity (Wildman–Crippen MR) is 112 cm³/mol. The fourth-order valence-corrected chi connectivity index (χ4v) is 4.30. The van der Waals surface area contributed by atoms with E-state index in [1.807, 2.05) is 6.08 Å². The number of hydrogen-bond acceptors (Lipinski definition) is 2. The second kappa shape index (κ2) is 6.18. The van der Waals surface area contributed by atoms with Crippen molar-refractivity contribution in [2.24, 2.45) is 11.3 Å². The van der Waals surface area contributed by atoms with E-state index in [4.69, 9.17) is 0 Å². The number of aromatic hydroxyl groups is 1. The van der Waals surface area contributed by atoms with E-state index in [1.165, 1.54) is 5.56 Å². The topological polar surface area (TPSA) is 40.5 Å². The monoisotopic (exact) mass is 356 g/mol. The number of benzene rings is 1. The summed E-state index contributed by atoms with van der Waals surface area (Å²) in [6, 6.07) is 2.06. The first kappa shape index (κ1) is 20.6. The molecule has 0 aromatic heterocycles. The minimum Gasteiger partial charge on any atom is -0.508 e. The maximum absolute atomic E-state index is 11.4. The number of rotatable bonds is 1. The van der Waals surface area contributed by atoms with Crippen LogP contribution in [0.3, 0.4) is 0 Å². The highest BCUT2D eigenvalue weighted by molar-refractivity contribution is 5.80. The lowest BCUT2D eigenvalue weighted by Gasteiger charge is -2.39. The molecule has 0 bridgehead atoms. The van der Waals surface area contributed by atoms with Gasteiger partial charge in [0.2, 0.25) is 0 Å². The molecule has 0 fully saturated rings. The van der Waals surface area contributed by atoms with Crippen LogP contribution in [-0.2, 0) is 10.8 Å². The Bertz CT molecular complexity index is 778. The standard InChI is InChI=1S/C24H36O2/c1-14-13-16(19-17(25)12-11-15(2)24(19,9)10)21(26)20(23(6,7)8)18(14)22(3,4)5/h11-13,15,25-26H,1-10H3.